The van der Waals surface area contributed by atoms with Crippen LogP contribution in [0.1, 0.15) is 107 Å². The zero-order valence-corrected chi connectivity index (χ0v) is 43.8. The topological polar surface area (TPSA) is 161 Å². The van der Waals surface area contributed by atoms with Gasteiger partial charge < -0.3 is 13.9 Å². The van der Waals surface area contributed by atoms with E-state index >= 15 is 26.3 Å². The highest BCUT2D eigenvalue weighted by Gasteiger charge is 2.83. The molecular weight excluding hydrogens is 1030 g/mol. The van der Waals surface area contributed by atoms with Crippen LogP contribution in [-0.2, 0) is 30.2 Å². The predicted octanol–water partition coefficient (Wildman–Crippen LogP) is 14.2. The molecule has 0 atom stereocenters. The summed E-state index contributed by atoms with van der Waals surface area (Å²) in [7, 11) is -20.7. The van der Waals surface area contributed by atoms with E-state index in [0.717, 1.165) is 57.9 Å². The van der Waals surface area contributed by atoms with Crippen LogP contribution >= 0.6 is 0 Å². The summed E-state index contributed by atoms with van der Waals surface area (Å²) in [5.74, 6) is -7.93. The van der Waals surface area contributed by atoms with E-state index in [9.17, 15) is 25.3 Å². The number of sulfonamides is 2. The van der Waals surface area contributed by atoms with Gasteiger partial charge in [0.05, 0.1) is 15.9 Å². The summed E-state index contributed by atoms with van der Waals surface area (Å²) < 4.78 is 184. The number of para-hydroxylation sites is 2. The van der Waals surface area contributed by atoms with Crippen LogP contribution in [0.15, 0.2) is 142 Å². The largest absolute Gasteiger partial charge is 0.456 e. The zero-order valence-electron chi connectivity index (χ0n) is 41.3. The standard InChI is InChI=1S/C54H53F6N3O8S3/c1-10-35-21-25-38(26-22-35)71-74(68,69)54(59,60)52(55,56)53(57,58)73(66,67)63-72(64,65)48-20-12-11-15-45(48)49-43-27-23-36(61-50-39(31(2)3)16-13-17-40(50)32(4)5)29-46(43)70-47-30-37(24-28-44(47)49)62-51-41(33(6)7)18-14-19-42(51)34(8)9/h10-34,61,63H,1H2,2-9H3/b62-37-. The van der Waals surface area contributed by atoms with Gasteiger partial charge in [0.25, 0.3) is 20.0 Å². The molecule has 0 fully saturated rings. The van der Waals surface area contributed by atoms with Crippen molar-refractivity contribution in [2.75, 3.05) is 5.32 Å². The van der Waals surface area contributed by atoms with Crippen LogP contribution in [0.2, 0.25) is 0 Å². The Labute approximate surface area is 426 Å². The van der Waals surface area contributed by atoms with E-state index < -0.39 is 57.2 Å². The smallest absolute Gasteiger partial charge is 0.450 e. The van der Waals surface area contributed by atoms with Crippen molar-refractivity contribution in [1.29, 1.82) is 0 Å². The van der Waals surface area contributed by atoms with Crippen molar-refractivity contribution in [2.45, 2.75) is 100 Å². The minimum atomic E-state index is -7.51. The lowest BCUT2D eigenvalue weighted by atomic mass is 9.92. The van der Waals surface area contributed by atoms with Crippen molar-refractivity contribution in [3.05, 3.63) is 161 Å². The maximum Gasteiger partial charge on any atom is 0.450 e. The molecular formula is C54H53F6N3O8S3. The first kappa shape index (κ1) is 55.3. The molecule has 5 aromatic rings. The second kappa shape index (κ2) is 20.3. The molecule has 7 rings (SSSR count). The van der Waals surface area contributed by atoms with Gasteiger partial charge in [0.2, 0.25) is 0 Å². The summed E-state index contributed by atoms with van der Waals surface area (Å²) in [6.07, 6.45) is 1.23. The van der Waals surface area contributed by atoms with Gasteiger partial charge in [-0.2, -0.15) is 34.8 Å². The van der Waals surface area contributed by atoms with Crippen molar-refractivity contribution in [3.63, 3.8) is 0 Å². The molecule has 0 spiro atoms. The number of alkyl halides is 6. The van der Waals surface area contributed by atoms with E-state index in [1.807, 2.05) is 91.8 Å². The maximum atomic E-state index is 15.7. The van der Waals surface area contributed by atoms with E-state index in [1.165, 1.54) is 18.2 Å². The third kappa shape index (κ3) is 10.2. The number of benzene rings is 6. The Morgan fingerprint density at radius 2 is 1.18 bits per heavy atom. The molecule has 1 heterocycles. The Hall–Kier alpha value is -6.48. The molecule has 0 saturated heterocycles. The van der Waals surface area contributed by atoms with Gasteiger partial charge in [-0.05, 0) is 94.0 Å². The van der Waals surface area contributed by atoms with Crippen molar-refractivity contribution in [2.24, 2.45) is 4.99 Å². The van der Waals surface area contributed by atoms with E-state index in [2.05, 4.69) is 16.1 Å². The summed E-state index contributed by atoms with van der Waals surface area (Å²) >= 11 is 0. The molecule has 0 saturated carbocycles. The average Bonchev–Trinajstić information content (AvgIpc) is 3.32. The van der Waals surface area contributed by atoms with Crippen LogP contribution in [0.25, 0.3) is 39.5 Å². The normalized spacial score (nSPS) is 13.5. The average molecular weight is 1080 g/mol. The highest BCUT2D eigenvalue weighted by molar-refractivity contribution is 8.05. The molecule has 11 nitrogen and oxygen atoms in total. The molecule has 5 aromatic carbocycles. The summed E-state index contributed by atoms with van der Waals surface area (Å²) in [4.78, 5) is 3.98. The Kier molecular flexibility index (Phi) is 15.2. The van der Waals surface area contributed by atoms with Crippen molar-refractivity contribution in [3.8, 4) is 28.2 Å². The SMILES string of the molecule is C=Cc1ccc(OS(=O)(=O)C(F)(F)C(F)(F)C(F)(F)S(=O)(=O)NS(=O)(=O)c2ccccc2-c2c3cc/c(=N/c4c(C(C)C)cccc4C(C)C)cc-3oc3cc(Nc4c(C(C)C)cccc4C(C)C)ccc23)cc1. The van der Waals surface area contributed by atoms with E-state index in [4.69, 9.17) is 9.41 Å². The minimum absolute atomic E-state index is 0.0293. The van der Waals surface area contributed by atoms with Crippen LogP contribution in [0.3, 0.4) is 0 Å². The number of hydrogen-bond acceptors (Lipinski definition) is 10. The van der Waals surface area contributed by atoms with E-state index in [-0.39, 0.29) is 62.7 Å². The molecule has 0 aromatic heterocycles. The predicted molar refractivity (Wildman–Crippen MR) is 276 cm³/mol. The molecule has 2 N–H and O–H groups in total. The quantitative estimate of drug-likeness (QED) is 0.0484. The molecule has 1 aliphatic carbocycles. The van der Waals surface area contributed by atoms with Crippen LogP contribution in [-0.4, -0.2) is 41.7 Å². The number of rotatable bonds is 18. The monoisotopic (exact) mass is 1080 g/mol. The van der Waals surface area contributed by atoms with Gasteiger partial charge >= 0.3 is 26.5 Å². The molecule has 0 amide bonds. The number of halogens is 6. The maximum absolute atomic E-state index is 15.7. The van der Waals surface area contributed by atoms with Gasteiger partial charge in [0, 0.05) is 45.6 Å². The summed E-state index contributed by atoms with van der Waals surface area (Å²) in [5, 5.41) is -9.99. The molecule has 392 valence electrons. The van der Waals surface area contributed by atoms with Gasteiger partial charge in [0.15, 0.2) is 0 Å². The number of nitrogens with zero attached hydrogens (tertiary/aromatic N) is 1. The van der Waals surface area contributed by atoms with Gasteiger partial charge in [0.1, 0.15) is 17.1 Å². The van der Waals surface area contributed by atoms with Crippen molar-refractivity contribution < 1.29 is 60.2 Å². The lowest BCUT2D eigenvalue weighted by Gasteiger charge is -2.31. The van der Waals surface area contributed by atoms with Crippen LogP contribution in [0.4, 0.5) is 43.4 Å². The molecule has 0 unspecified atom stereocenters. The van der Waals surface area contributed by atoms with Gasteiger partial charge in [-0.3, -0.25) is 0 Å². The Morgan fingerprint density at radius 3 is 1.73 bits per heavy atom. The lowest BCUT2D eigenvalue weighted by molar-refractivity contribution is -0.245. The summed E-state index contributed by atoms with van der Waals surface area (Å²) in [6.45, 7) is 19.7. The molecule has 0 radical (unpaired) electrons. The summed E-state index contributed by atoms with van der Waals surface area (Å²) in [6, 6.07) is 29.4. The van der Waals surface area contributed by atoms with Crippen molar-refractivity contribution in [1.82, 2.24) is 4.13 Å². The number of nitrogens with one attached hydrogen (secondary N) is 2. The highest BCUT2D eigenvalue weighted by atomic mass is 32.3. The fraction of sp³-hybridized carbons (Fsp3) is 0.278. The highest BCUT2D eigenvalue weighted by Crippen LogP contribution is 2.52. The second-order valence-electron chi connectivity index (χ2n) is 18.8. The van der Waals surface area contributed by atoms with Crippen molar-refractivity contribution >= 4 is 64.3 Å². The number of anilines is 2. The van der Waals surface area contributed by atoms with Gasteiger partial charge in [-0.25, -0.2) is 21.8 Å². The molecule has 1 aliphatic heterocycles. The third-order valence-corrected chi connectivity index (χ3v) is 17.2. The van der Waals surface area contributed by atoms with Crippen LogP contribution < -0.4 is 19.0 Å². The lowest BCUT2D eigenvalue weighted by Crippen LogP contribution is -2.63. The first-order chi connectivity index (χ1) is 34.5. The van der Waals surface area contributed by atoms with E-state index in [1.54, 1.807) is 36.4 Å². The Bertz CT molecular complexity index is 3620. The minimum Gasteiger partial charge on any atom is -0.456 e. The van der Waals surface area contributed by atoms with Crippen LogP contribution in [0, 0.1) is 0 Å². The van der Waals surface area contributed by atoms with Crippen LogP contribution in [0.5, 0.6) is 5.75 Å². The first-order valence-electron chi connectivity index (χ1n) is 23.2. The second-order valence-corrected chi connectivity index (χ2v) is 24.0. The molecule has 20 heteroatoms. The Balaban J connectivity index is 1.40. The Morgan fingerprint density at radius 1 is 0.622 bits per heavy atom. The fourth-order valence-corrected chi connectivity index (χ4v) is 12.5. The zero-order chi connectivity index (χ0) is 54.5. The summed E-state index contributed by atoms with van der Waals surface area (Å²) in [5.41, 5.74) is 6.32. The van der Waals surface area contributed by atoms with E-state index in [0.29, 0.717) is 27.3 Å². The third-order valence-electron chi connectivity index (χ3n) is 12.3. The number of fused-ring (bicyclic) bond motifs is 2. The molecule has 0 bridgehead atoms. The van der Waals surface area contributed by atoms with Gasteiger partial charge in [-0.1, -0.05) is 139 Å². The molecule has 74 heavy (non-hydrogen) atoms. The van der Waals surface area contributed by atoms with Gasteiger partial charge in [-0.15, -0.1) is 0 Å². The first-order valence-corrected chi connectivity index (χ1v) is 27.6. The molecule has 2 aliphatic rings. The number of hydrogen-bond donors (Lipinski definition) is 2. The fourth-order valence-electron chi connectivity index (χ4n) is 8.41.